The van der Waals surface area contributed by atoms with Crippen LogP contribution in [0.4, 0.5) is 10.3 Å². The van der Waals surface area contributed by atoms with Crippen molar-refractivity contribution in [2.75, 3.05) is 17.3 Å². The van der Waals surface area contributed by atoms with Crippen molar-refractivity contribution in [3.05, 3.63) is 9.46 Å². The first-order chi connectivity index (χ1) is 6.84. The van der Waals surface area contributed by atoms with Gasteiger partial charge in [0.1, 0.15) is 5.51 Å². The molecule has 0 fully saturated rings. The second-order valence-corrected chi connectivity index (χ2v) is 4.69. The Morgan fingerprint density at radius 2 is 2.29 bits per heavy atom. The summed E-state index contributed by atoms with van der Waals surface area (Å²) in [6, 6.07) is 0. The Morgan fingerprint density at radius 1 is 1.43 bits per heavy atom. The lowest BCUT2D eigenvalue weighted by Crippen LogP contribution is -2.11. The minimum Gasteiger partial charge on any atom is -0.343 e. The molecule has 0 aromatic carbocycles. The van der Waals surface area contributed by atoms with E-state index in [4.69, 9.17) is 12.2 Å². The molecule has 2 aromatic rings. The fourth-order valence-electron chi connectivity index (χ4n) is 0.751. The highest BCUT2D eigenvalue weighted by molar-refractivity contribution is 7.73. The third kappa shape index (κ3) is 2.47. The summed E-state index contributed by atoms with van der Waals surface area (Å²) < 4.78 is 0.656. The number of hydrogen-bond donors (Lipinski definition) is 3. The molecule has 0 radical (unpaired) electrons. The smallest absolute Gasteiger partial charge is 0.206 e. The van der Waals surface area contributed by atoms with E-state index >= 15 is 0 Å². The van der Waals surface area contributed by atoms with Crippen molar-refractivity contribution >= 4 is 45.2 Å². The zero-order valence-electron chi connectivity index (χ0n) is 6.85. The summed E-state index contributed by atoms with van der Waals surface area (Å²) in [4.78, 5) is 0. The average Bonchev–Trinajstić information content (AvgIpc) is 2.77. The Balaban J connectivity index is 1.81. The first-order valence-corrected chi connectivity index (χ1v) is 5.74. The van der Waals surface area contributed by atoms with Crippen molar-refractivity contribution < 1.29 is 0 Å². The maximum absolute atomic E-state index is 4.88. The first-order valence-electron chi connectivity index (χ1n) is 3.64. The van der Waals surface area contributed by atoms with E-state index in [0.717, 1.165) is 10.3 Å². The van der Waals surface area contributed by atoms with Crippen LogP contribution in [0.15, 0.2) is 5.51 Å². The highest BCUT2D eigenvalue weighted by Crippen LogP contribution is 2.11. The van der Waals surface area contributed by atoms with Crippen LogP contribution in [0.5, 0.6) is 0 Å². The van der Waals surface area contributed by atoms with E-state index in [1.165, 1.54) is 22.7 Å². The summed E-state index contributed by atoms with van der Waals surface area (Å²) in [6.07, 6.45) is 0. The minimum absolute atomic E-state index is 0.547. The van der Waals surface area contributed by atoms with Crippen LogP contribution in [0.25, 0.3) is 0 Å². The molecular weight excluding hydrogens is 240 g/mol. The fraction of sp³-hybridized carbons (Fsp3) is 0.200. The number of aromatic amines is 1. The van der Waals surface area contributed by atoms with E-state index in [2.05, 4.69) is 31.0 Å². The van der Waals surface area contributed by atoms with Gasteiger partial charge in [0.25, 0.3) is 0 Å². The molecule has 0 aliphatic heterocycles. The lowest BCUT2D eigenvalue weighted by atomic mass is 10.9. The molecule has 14 heavy (non-hydrogen) atoms. The van der Waals surface area contributed by atoms with E-state index in [9.17, 15) is 0 Å². The van der Waals surface area contributed by atoms with Gasteiger partial charge in [-0.2, -0.15) is 0 Å². The molecule has 0 aliphatic carbocycles. The summed E-state index contributed by atoms with van der Waals surface area (Å²) >= 11 is 7.72. The van der Waals surface area contributed by atoms with Crippen molar-refractivity contribution in [2.24, 2.45) is 0 Å². The molecule has 0 saturated heterocycles. The van der Waals surface area contributed by atoms with Crippen LogP contribution < -0.4 is 10.6 Å². The second kappa shape index (κ2) is 4.44. The molecular formula is C5H6N6S3. The number of rotatable bonds is 4. The normalized spacial score (nSPS) is 10.0. The Bertz CT molecular complexity index is 430. The van der Waals surface area contributed by atoms with Crippen molar-refractivity contribution in [3.8, 4) is 0 Å². The average molecular weight is 246 g/mol. The maximum atomic E-state index is 4.88. The highest BCUT2D eigenvalue weighted by Gasteiger charge is 1.96. The molecule has 0 amide bonds. The van der Waals surface area contributed by atoms with Crippen molar-refractivity contribution in [3.63, 3.8) is 0 Å². The first kappa shape index (κ1) is 9.49. The summed E-state index contributed by atoms with van der Waals surface area (Å²) in [5, 5.41) is 21.7. The second-order valence-electron chi connectivity index (χ2n) is 2.19. The quantitative estimate of drug-likeness (QED) is 0.561. The van der Waals surface area contributed by atoms with Gasteiger partial charge < -0.3 is 10.6 Å². The lowest BCUT2D eigenvalue weighted by Gasteiger charge is -2.01. The summed E-state index contributed by atoms with van der Waals surface area (Å²) in [7, 11) is 0. The van der Waals surface area contributed by atoms with Crippen molar-refractivity contribution in [1.29, 1.82) is 0 Å². The molecule has 0 saturated carbocycles. The predicted molar refractivity (Wildman–Crippen MR) is 59.3 cm³/mol. The van der Waals surface area contributed by atoms with Gasteiger partial charge in [-0.05, 0) is 12.2 Å². The van der Waals surface area contributed by atoms with E-state index in [1.54, 1.807) is 5.51 Å². The Kier molecular flexibility index (Phi) is 3.01. The lowest BCUT2D eigenvalue weighted by molar-refractivity contribution is 1.04. The molecule has 0 spiro atoms. The molecule has 0 bridgehead atoms. The number of H-pyrrole nitrogens is 1. The zero-order valence-corrected chi connectivity index (χ0v) is 9.30. The molecule has 74 valence electrons. The fourth-order valence-corrected chi connectivity index (χ4v) is 1.98. The number of anilines is 2. The van der Waals surface area contributed by atoms with Gasteiger partial charge in [-0.25, -0.2) is 0 Å². The van der Waals surface area contributed by atoms with Gasteiger partial charge in [0.2, 0.25) is 10.3 Å². The molecule has 2 rings (SSSR count). The van der Waals surface area contributed by atoms with Crippen LogP contribution in [0, 0.1) is 3.95 Å². The van der Waals surface area contributed by atoms with Crippen LogP contribution in [-0.2, 0) is 0 Å². The van der Waals surface area contributed by atoms with E-state index in [-0.39, 0.29) is 0 Å². The summed E-state index contributed by atoms with van der Waals surface area (Å²) in [5.41, 5.74) is 1.67. The van der Waals surface area contributed by atoms with Crippen LogP contribution in [0.3, 0.4) is 0 Å². The number of nitrogens with one attached hydrogen (secondary N) is 3. The van der Waals surface area contributed by atoms with E-state index in [1.807, 2.05) is 0 Å². The third-order valence-corrected chi connectivity index (χ3v) is 2.97. The largest absolute Gasteiger partial charge is 0.343 e. The standard InChI is InChI=1S/C5H6N6S3/c12-5-11-10-4(14-5)7-1-6-3-9-8-2-13-3/h2H,1H2,(H,6,9)(H,7,10)(H,11,12). The molecule has 2 aromatic heterocycles. The topological polar surface area (TPSA) is 78.5 Å². The van der Waals surface area contributed by atoms with Crippen molar-refractivity contribution in [1.82, 2.24) is 20.4 Å². The summed E-state index contributed by atoms with van der Waals surface area (Å²) in [5.74, 6) is 0. The molecule has 9 heteroatoms. The van der Waals surface area contributed by atoms with Gasteiger partial charge in [0, 0.05) is 0 Å². The van der Waals surface area contributed by atoms with Crippen molar-refractivity contribution in [2.45, 2.75) is 0 Å². The molecule has 0 aliphatic rings. The molecule has 6 nitrogen and oxygen atoms in total. The molecule has 0 atom stereocenters. The molecule has 2 heterocycles. The number of nitrogens with zero attached hydrogens (tertiary/aromatic N) is 3. The summed E-state index contributed by atoms with van der Waals surface area (Å²) in [6.45, 7) is 0.547. The van der Waals surface area contributed by atoms with Crippen LogP contribution >= 0.6 is 34.9 Å². The Labute approximate surface area is 92.4 Å². The van der Waals surface area contributed by atoms with E-state index < -0.39 is 0 Å². The number of aromatic nitrogens is 4. The van der Waals surface area contributed by atoms with E-state index in [0.29, 0.717) is 10.6 Å². The number of hydrogen-bond acceptors (Lipinski definition) is 8. The van der Waals surface area contributed by atoms with Crippen LogP contribution in [0.2, 0.25) is 0 Å². The van der Waals surface area contributed by atoms with Crippen LogP contribution in [-0.4, -0.2) is 27.1 Å². The van der Waals surface area contributed by atoms with Gasteiger partial charge in [-0.3, -0.25) is 5.10 Å². The van der Waals surface area contributed by atoms with Gasteiger partial charge in [-0.15, -0.1) is 15.3 Å². The molecule has 3 N–H and O–H groups in total. The SMILES string of the molecule is S=c1[nH]nc(NCNc2nncs2)s1. The van der Waals surface area contributed by atoms with Crippen LogP contribution in [0.1, 0.15) is 0 Å². The minimum atomic E-state index is 0.547. The predicted octanol–water partition coefficient (Wildman–Crippen LogP) is 1.53. The highest BCUT2D eigenvalue weighted by atomic mass is 32.1. The Hall–Kier alpha value is -1.06. The van der Waals surface area contributed by atoms with Gasteiger partial charge in [0.05, 0.1) is 6.67 Å². The maximum Gasteiger partial charge on any atom is 0.206 e. The third-order valence-electron chi connectivity index (χ3n) is 1.28. The molecule has 0 unspecified atom stereocenters. The van der Waals surface area contributed by atoms with Gasteiger partial charge >= 0.3 is 0 Å². The van der Waals surface area contributed by atoms with Gasteiger partial charge in [0.15, 0.2) is 3.95 Å². The van der Waals surface area contributed by atoms with Gasteiger partial charge in [-0.1, -0.05) is 22.7 Å². The monoisotopic (exact) mass is 246 g/mol. The zero-order chi connectivity index (χ0) is 9.80. The Morgan fingerprint density at radius 3 is 2.93 bits per heavy atom.